The highest BCUT2D eigenvalue weighted by molar-refractivity contribution is 6.31. The van der Waals surface area contributed by atoms with Crippen LogP contribution < -0.4 is 4.74 Å². The maximum Gasteiger partial charge on any atom is 0.124 e. The highest BCUT2D eigenvalue weighted by atomic mass is 35.5. The number of ether oxygens (including phenoxy) is 1. The van der Waals surface area contributed by atoms with E-state index in [1.54, 1.807) is 24.3 Å². The predicted molar refractivity (Wildman–Crippen MR) is 76.8 cm³/mol. The van der Waals surface area contributed by atoms with Crippen molar-refractivity contribution in [3.05, 3.63) is 63.4 Å². The average molecular weight is 320 g/mol. The lowest BCUT2D eigenvalue weighted by Crippen LogP contribution is -1.99. The highest BCUT2D eigenvalue weighted by Crippen LogP contribution is 2.26. The van der Waals surface area contributed by atoms with E-state index in [4.69, 9.17) is 39.5 Å². The molecule has 0 saturated heterocycles. The van der Waals surface area contributed by atoms with E-state index in [1.165, 1.54) is 12.1 Å². The predicted octanol–water partition coefficient (Wildman–Crippen LogP) is 5.45. The van der Waals surface area contributed by atoms with E-state index >= 15 is 0 Å². The van der Waals surface area contributed by atoms with Crippen molar-refractivity contribution >= 4 is 34.8 Å². The Hall–Kier alpha value is -0.960. The molecule has 0 bridgehead atoms. The van der Waals surface area contributed by atoms with Crippen LogP contribution in [0.5, 0.6) is 5.75 Å². The first kappa shape index (κ1) is 14.4. The second-order valence-corrected chi connectivity index (χ2v) is 5.02. The third kappa shape index (κ3) is 3.75. The molecule has 0 unspecified atom stereocenters. The zero-order valence-electron chi connectivity index (χ0n) is 9.80. The highest BCUT2D eigenvalue weighted by Gasteiger charge is 2.07. The van der Waals surface area contributed by atoms with Crippen LogP contribution in [0.15, 0.2) is 36.4 Å². The molecule has 0 aliphatic carbocycles. The van der Waals surface area contributed by atoms with Gasteiger partial charge in [0.15, 0.2) is 0 Å². The smallest absolute Gasteiger partial charge is 0.124 e. The molecule has 0 saturated carbocycles. The van der Waals surface area contributed by atoms with Crippen molar-refractivity contribution in [1.29, 1.82) is 0 Å². The van der Waals surface area contributed by atoms with Crippen LogP contribution in [-0.4, -0.2) is 0 Å². The van der Waals surface area contributed by atoms with Gasteiger partial charge in [-0.15, -0.1) is 11.6 Å². The van der Waals surface area contributed by atoms with Gasteiger partial charge in [0.2, 0.25) is 0 Å². The Bertz CT molecular complexity index is 587. The fourth-order valence-corrected chi connectivity index (χ4v) is 2.21. The van der Waals surface area contributed by atoms with Crippen molar-refractivity contribution in [3.63, 3.8) is 0 Å². The summed E-state index contributed by atoms with van der Waals surface area (Å²) in [6, 6.07) is 9.40. The van der Waals surface area contributed by atoms with Gasteiger partial charge in [0.25, 0.3) is 0 Å². The Labute approximate surface area is 125 Å². The molecule has 2 aromatic carbocycles. The SMILES string of the molecule is Fc1ccc(COc2ccc(Cl)cc2CCl)c(Cl)c1. The Morgan fingerprint density at radius 3 is 2.47 bits per heavy atom. The van der Waals surface area contributed by atoms with Gasteiger partial charge >= 0.3 is 0 Å². The number of halogens is 4. The Morgan fingerprint density at radius 2 is 1.79 bits per heavy atom. The molecule has 100 valence electrons. The molecule has 0 radical (unpaired) electrons. The van der Waals surface area contributed by atoms with Crippen LogP contribution in [0, 0.1) is 5.82 Å². The summed E-state index contributed by atoms with van der Waals surface area (Å²) in [5.41, 5.74) is 1.51. The van der Waals surface area contributed by atoms with Crippen LogP contribution in [-0.2, 0) is 12.5 Å². The van der Waals surface area contributed by atoms with Crippen molar-refractivity contribution in [1.82, 2.24) is 0 Å². The van der Waals surface area contributed by atoms with E-state index in [1.807, 2.05) is 0 Å². The number of rotatable bonds is 4. The van der Waals surface area contributed by atoms with E-state index in [0.29, 0.717) is 27.2 Å². The number of benzene rings is 2. The second kappa shape index (κ2) is 6.47. The van der Waals surface area contributed by atoms with Gasteiger partial charge in [0.1, 0.15) is 18.2 Å². The summed E-state index contributed by atoms with van der Waals surface area (Å²) in [6.07, 6.45) is 0. The van der Waals surface area contributed by atoms with E-state index in [2.05, 4.69) is 0 Å². The topological polar surface area (TPSA) is 9.23 Å². The van der Waals surface area contributed by atoms with Crippen LogP contribution >= 0.6 is 34.8 Å². The van der Waals surface area contributed by atoms with Crippen molar-refractivity contribution in [2.75, 3.05) is 0 Å². The summed E-state index contributed by atoms with van der Waals surface area (Å²) in [6.45, 7) is 0.241. The van der Waals surface area contributed by atoms with Gasteiger partial charge in [0, 0.05) is 16.1 Å². The normalized spacial score (nSPS) is 10.5. The lowest BCUT2D eigenvalue weighted by Gasteiger charge is -2.11. The molecule has 0 N–H and O–H groups in total. The third-order valence-electron chi connectivity index (χ3n) is 2.56. The largest absolute Gasteiger partial charge is 0.489 e. The molecule has 1 nitrogen and oxygen atoms in total. The molecule has 2 aromatic rings. The molecular formula is C14H10Cl3FO. The number of alkyl halides is 1. The Balaban J connectivity index is 2.14. The van der Waals surface area contributed by atoms with Gasteiger partial charge < -0.3 is 4.74 Å². The first-order valence-electron chi connectivity index (χ1n) is 5.51. The zero-order valence-corrected chi connectivity index (χ0v) is 12.1. The molecular weight excluding hydrogens is 310 g/mol. The number of hydrogen-bond acceptors (Lipinski definition) is 1. The molecule has 0 amide bonds. The van der Waals surface area contributed by atoms with Crippen LogP contribution in [0.4, 0.5) is 4.39 Å². The fraction of sp³-hybridized carbons (Fsp3) is 0.143. The van der Waals surface area contributed by atoms with E-state index < -0.39 is 0 Å². The molecule has 2 rings (SSSR count). The van der Waals surface area contributed by atoms with Gasteiger partial charge in [0.05, 0.1) is 10.9 Å². The fourth-order valence-electron chi connectivity index (χ4n) is 1.59. The third-order valence-corrected chi connectivity index (χ3v) is 3.44. The maximum absolute atomic E-state index is 12.9. The minimum absolute atomic E-state index is 0.241. The van der Waals surface area contributed by atoms with Crippen LogP contribution in [0.25, 0.3) is 0 Å². The van der Waals surface area contributed by atoms with Crippen LogP contribution in [0.3, 0.4) is 0 Å². The standard InChI is InChI=1S/C14H10Cl3FO/c15-7-10-5-11(16)2-4-14(10)19-8-9-1-3-12(18)6-13(9)17/h1-6H,7-8H2. The van der Waals surface area contributed by atoms with E-state index in [9.17, 15) is 4.39 Å². The quantitative estimate of drug-likeness (QED) is 0.681. The summed E-state index contributed by atoms with van der Waals surface area (Å²) in [4.78, 5) is 0. The molecule has 0 spiro atoms. The van der Waals surface area contributed by atoms with E-state index in [0.717, 1.165) is 5.56 Å². The Morgan fingerprint density at radius 1 is 1.00 bits per heavy atom. The van der Waals surface area contributed by atoms with E-state index in [-0.39, 0.29) is 12.4 Å². The number of hydrogen-bond donors (Lipinski definition) is 0. The molecule has 0 heterocycles. The summed E-state index contributed by atoms with van der Waals surface area (Å²) < 4.78 is 18.6. The monoisotopic (exact) mass is 318 g/mol. The first-order chi connectivity index (χ1) is 9.10. The molecule has 19 heavy (non-hydrogen) atoms. The summed E-state index contributed by atoms with van der Waals surface area (Å²) in [7, 11) is 0. The summed E-state index contributed by atoms with van der Waals surface area (Å²) >= 11 is 17.6. The first-order valence-corrected chi connectivity index (χ1v) is 6.80. The average Bonchev–Trinajstić information content (AvgIpc) is 2.39. The zero-order chi connectivity index (χ0) is 13.8. The molecule has 0 aliphatic heterocycles. The van der Waals surface area contributed by atoms with Gasteiger partial charge in [-0.3, -0.25) is 0 Å². The van der Waals surface area contributed by atoms with Crippen LogP contribution in [0.2, 0.25) is 10.0 Å². The molecule has 0 atom stereocenters. The van der Waals surface area contributed by atoms with Gasteiger partial charge in [-0.1, -0.05) is 29.3 Å². The van der Waals surface area contributed by atoms with Crippen molar-refractivity contribution in [3.8, 4) is 5.75 Å². The molecule has 5 heteroatoms. The van der Waals surface area contributed by atoms with Gasteiger partial charge in [-0.25, -0.2) is 4.39 Å². The lowest BCUT2D eigenvalue weighted by atomic mass is 10.2. The summed E-state index contributed by atoms with van der Waals surface area (Å²) in [5, 5.41) is 0.934. The van der Waals surface area contributed by atoms with Gasteiger partial charge in [-0.05, 0) is 30.3 Å². The van der Waals surface area contributed by atoms with Crippen molar-refractivity contribution < 1.29 is 9.13 Å². The maximum atomic E-state index is 12.9. The summed E-state index contributed by atoms with van der Waals surface area (Å²) in [5.74, 6) is 0.564. The molecule has 0 fully saturated rings. The molecule has 0 aromatic heterocycles. The van der Waals surface area contributed by atoms with Crippen molar-refractivity contribution in [2.45, 2.75) is 12.5 Å². The van der Waals surface area contributed by atoms with Crippen molar-refractivity contribution in [2.24, 2.45) is 0 Å². The van der Waals surface area contributed by atoms with Gasteiger partial charge in [-0.2, -0.15) is 0 Å². The minimum atomic E-state index is -0.373. The lowest BCUT2D eigenvalue weighted by molar-refractivity contribution is 0.304. The minimum Gasteiger partial charge on any atom is -0.489 e. The second-order valence-electron chi connectivity index (χ2n) is 3.91. The van der Waals surface area contributed by atoms with Crippen LogP contribution in [0.1, 0.15) is 11.1 Å². The Kier molecular flexibility index (Phi) is 4.92. The molecule has 0 aliphatic rings.